The zero-order valence-electron chi connectivity index (χ0n) is 14.4. The Labute approximate surface area is 162 Å². The molecular weight excluding hydrogens is 370 g/mol. The second-order valence-electron chi connectivity index (χ2n) is 6.86. The molecule has 0 radical (unpaired) electrons. The Kier molecular flexibility index (Phi) is 4.75. The summed E-state index contributed by atoms with van der Waals surface area (Å²) >= 11 is 5.58. The fraction of sp³-hybridized carbons (Fsp3) is 0.500. The number of carbonyl (C=O) groups excluding carboxylic acids is 2. The number of rotatable bonds is 5. The van der Waals surface area contributed by atoms with Crippen LogP contribution in [0.25, 0.3) is 0 Å². The Morgan fingerprint density at radius 2 is 2.31 bits per heavy atom. The van der Waals surface area contributed by atoms with Crippen molar-refractivity contribution in [2.75, 3.05) is 18.0 Å². The molecule has 2 fully saturated rings. The van der Waals surface area contributed by atoms with Crippen molar-refractivity contribution >= 4 is 41.2 Å². The Bertz CT molecular complexity index is 770. The first-order chi connectivity index (χ1) is 12.5. The van der Waals surface area contributed by atoms with E-state index in [9.17, 15) is 14.7 Å². The SMILES string of the molecule is CC[C@H](O)[C@@H]1C(=O)N2C(C(=O)S)=C(C3CCN(c4ccccn4)C3)S[C@H]12. The number of fused-ring (bicyclic) bond motifs is 1. The van der Waals surface area contributed by atoms with Gasteiger partial charge in [0.15, 0.2) is 0 Å². The standard InChI is InChI=1S/C18H21N3O3S2/c1-2-11(22)13-16(23)21-14(18(24)25)15(26-17(13)21)10-6-8-20(9-10)12-5-3-4-7-19-12/h3-5,7,10-11,13,17,22H,2,6,8-9H2,1H3,(H,24,25)/t10?,11-,13+,17+/m0/s1. The van der Waals surface area contributed by atoms with Crippen molar-refractivity contribution in [2.24, 2.45) is 11.8 Å². The highest BCUT2D eigenvalue weighted by atomic mass is 32.2. The third kappa shape index (κ3) is 2.75. The Balaban J connectivity index is 1.57. The molecule has 6 nitrogen and oxygen atoms in total. The van der Waals surface area contributed by atoms with Gasteiger partial charge in [-0.15, -0.1) is 11.8 Å². The van der Waals surface area contributed by atoms with Crippen LogP contribution in [0.5, 0.6) is 0 Å². The first kappa shape index (κ1) is 17.9. The van der Waals surface area contributed by atoms with E-state index in [0.29, 0.717) is 12.1 Å². The van der Waals surface area contributed by atoms with Gasteiger partial charge in [0.1, 0.15) is 16.9 Å². The molecule has 1 amide bonds. The van der Waals surface area contributed by atoms with Gasteiger partial charge in [-0.05, 0) is 25.0 Å². The fourth-order valence-electron chi connectivity index (χ4n) is 3.98. The first-order valence-electron chi connectivity index (χ1n) is 8.84. The van der Waals surface area contributed by atoms with Crippen LogP contribution in [0.15, 0.2) is 35.0 Å². The van der Waals surface area contributed by atoms with Gasteiger partial charge in [-0.2, -0.15) is 0 Å². The molecule has 1 aromatic rings. The van der Waals surface area contributed by atoms with Gasteiger partial charge in [0.25, 0.3) is 0 Å². The Hall–Kier alpha value is -1.51. The van der Waals surface area contributed by atoms with Gasteiger partial charge in [0.05, 0.1) is 12.0 Å². The maximum atomic E-state index is 12.5. The van der Waals surface area contributed by atoms with E-state index in [1.165, 1.54) is 0 Å². The molecule has 4 atom stereocenters. The molecule has 2 saturated heterocycles. The molecule has 138 valence electrons. The second kappa shape index (κ2) is 6.90. The molecule has 0 bridgehead atoms. The number of aliphatic hydroxyl groups excluding tert-OH is 1. The zero-order valence-corrected chi connectivity index (χ0v) is 16.1. The van der Waals surface area contributed by atoms with Crippen molar-refractivity contribution in [3.05, 3.63) is 35.0 Å². The summed E-state index contributed by atoms with van der Waals surface area (Å²) in [6.07, 6.45) is 2.54. The molecule has 0 aliphatic carbocycles. The highest BCUT2D eigenvalue weighted by Crippen LogP contribution is 2.54. The number of hydrogen-bond acceptors (Lipinski definition) is 6. The van der Waals surface area contributed by atoms with Gasteiger partial charge in [0.2, 0.25) is 11.0 Å². The summed E-state index contributed by atoms with van der Waals surface area (Å²) in [5, 5.41) is 9.61. The summed E-state index contributed by atoms with van der Waals surface area (Å²) in [4.78, 5) is 33.8. The number of aromatic nitrogens is 1. The molecule has 4 heterocycles. The number of carbonyl (C=O) groups is 2. The number of aliphatic hydroxyl groups is 1. The van der Waals surface area contributed by atoms with Crippen LogP contribution in [0.1, 0.15) is 19.8 Å². The molecule has 1 N–H and O–H groups in total. The molecule has 4 rings (SSSR count). The maximum absolute atomic E-state index is 12.5. The summed E-state index contributed by atoms with van der Waals surface area (Å²) in [5.41, 5.74) is 0.417. The maximum Gasteiger partial charge on any atom is 0.236 e. The number of thiol groups is 1. The minimum atomic E-state index is -0.666. The number of β-lactam (4-membered cyclic amide) rings is 1. The van der Waals surface area contributed by atoms with E-state index in [4.69, 9.17) is 0 Å². The van der Waals surface area contributed by atoms with E-state index >= 15 is 0 Å². The van der Waals surface area contributed by atoms with E-state index < -0.39 is 12.0 Å². The number of anilines is 1. The molecule has 0 spiro atoms. The molecule has 0 saturated carbocycles. The number of nitrogens with zero attached hydrogens (tertiary/aromatic N) is 3. The van der Waals surface area contributed by atoms with E-state index in [0.717, 1.165) is 30.2 Å². The molecule has 0 aromatic carbocycles. The summed E-state index contributed by atoms with van der Waals surface area (Å²) in [6.45, 7) is 3.49. The minimum Gasteiger partial charge on any atom is -0.392 e. The Morgan fingerprint density at radius 3 is 2.96 bits per heavy atom. The van der Waals surface area contributed by atoms with E-state index in [2.05, 4.69) is 22.5 Å². The molecule has 1 aromatic heterocycles. The van der Waals surface area contributed by atoms with Crippen molar-refractivity contribution < 1.29 is 14.7 Å². The molecule has 8 heteroatoms. The lowest BCUT2D eigenvalue weighted by Crippen LogP contribution is -2.61. The second-order valence-corrected chi connectivity index (χ2v) is 8.42. The number of hydrogen-bond donors (Lipinski definition) is 2. The lowest BCUT2D eigenvalue weighted by molar-refractivity contribution is -0.154. The lowest BCUT2D eigenvalue weighted by atomic mass is 9.89. The lowest BCUT2D eigenvalue weighted by Gasteiger charge is -2.44. The van der Waals surface area contributed by atoms with E-state index in [-0.39, 0.29) is 22.3 Å². The zero-order chi connectivity index (χ0) is 18.4. The molecule has 1 unspecified atom stereocenters. The predicted molar refractivity (Wildman–Crippen MR) is 104 cm³/mol. The fourth-order valence-corrected chi connectivity index (χ4v) is 5.99. The van der Waals surface area contributed by atoms with E-state index in [1.807, 2.05) is 25.1 Å². The van der Waals surface area contributed by atoms with Gasteiger partial charge in [0, 0.05) is 30.1 Å². The summed E-state index contributed by atoms with van der Waals surface area (Å²) in [6, 6.07) is 5.83. The van der Waals surface area contributed by atoms with Crippen LogP contribution in [0.4, 0.5) is 5.82 Å². The van der Waals surface area contributed by atoms with Crippen LogP contribution < -0.4 is 4.90 Å². The topological polar surface area (TPSA) is 73.7 Å². The van der Waals surface area contributed by atoms with Crippen LogP contribution in [-0.2, 0) is 9.59 Å². The number of pyridine rings is 1. The van der Waals surface area contributed by atoms with Crippen molar-refractivity contribution in [1.29, 1.82) is 0 Å². The number of thioether (sulfide) groups is 1. The smallest absolute Gasteiger partial charge is 0.236 e. The third-order valence-corrected chi connectivity index (χ3v) is 7.11. The van der Waals surface area contributed by atoms with Crippen LogP contribution in [0.3, 0.4) is 0 Å². The van der Waals surface area contributed by atoms with Crippen molar-refractivity contribution in [2.45, 2.75) is 31.2 Å². The van der Waals surface area contributed by atoms with Gasteiger partial charge in [-0.1, -0.05) is 25.6 Å². The number of amides is 1. The third-order valence-electron chi connectivity index (χ3n) is 5.37. The van der Waals surface area contributed by atoms with Crippen LogP contribution in [0, 0.1) is 11.8 Å². The molecule has 3 aliphatic heterocycles. The quantitative estimate of drug-likeness (QED) is 0.590. The highest BCUT2D eigenvalue weighted by Gasteiger charge is 2.58. The Morgan fingerprint density at radius 1 is 1.50 bits per heavy atom. The monoisotopic (exact) mass is 391 g/mol. The molecule has 26 heavy (non-hydrogen) atoms. The minimum absolute atomic E-state index is 0.163. The summed E-state index contributed by atoms with van der Waals surface area (Å²) in [7, 11) is 0. The van der Waals surface area contributed by atoms with Crippen molar-refractivity contribution in [1.82, 2.24) is 9.88 Å². The summed E-state index contributed by atoms with van der Waals surface area (Å²) in [5.74, 6) is 0.504. The van der Waals surface area contributed by atoms with Crippen LogP contribution in [-0.4, -0.2) is 50.6 Å². The molecule has 3 aliphatic rings. The average molecular weight is 392 g/mol. The van der Waals surface area contributed by atoms with Gasteiger partial charge in [-0.3, -0.25) is 14.5 Å². The average Bonchev–Trinajstić information content (AvgIpc) is 3.25. The van der Waals surface area contributed by atoms with E-state index in [1.54, 1.807) is 22.9 Å². The first-order valence-corrected chi connectivity index (χ1v) is 10.2. The van der Waals surface area contributed by atoms with Crippen molar-refractivity contribution in [3.8, 4) is 0 Å². The van der Waals surface area contributed by atoms with Crippen LogP contribution in [0.2, 0.25) is 0 Å². The van der Waals surface area contributed by atoms with Crippen LogP contribution >= 0.6 is 24.4 Å². The highest BCUT2D eigenvalue weighted by molar-refractivity contribution is 8.04. The molecular formula is C18H21N3O3S2. The van der Waals surface area contributed by atoms with Gasteiger partial charge < -0.3 is 10.0 Å². The summed E-state index contributed by atoms with van der Waals surface area (Å²) < 4.78 is 0. The normalized spacial score (nSPS) is 29.0. The predicted octanol–water partition coefficient (Wildman–Crippen LogP) is 1.88. The van der Waals surface area contributed by atoms with Crippen molar-refractivity contribution in [3.63, 3.8) is 0 Å². The van der Waals surface area contributed by atoms with Gasteiger partial charge >= 0.3 is 0 Å². The largest absolute Gasteiger partial charge is 0.392 e. The van der Waals surface area contributed by atoms with Gasteiger partial charge in [-0.25, -0.2) is 4.98 Å².